The molecule has 1 aromatic carbocycles. The fraction of sp³-hybridized carbons (Fsp3) is 0.625. The summed E-state index contributed by atoms with van der Waals surface area (Å²) in [5, 5.41) is 3.26. The zero-order valence-electron chi connectivity index (χ0n) is 13.4. The molecule has 0 radical (unpaired) electrons. The van der Waals surface area contributed by atoms with Crippen LogP contribution < -0.4 is 5.32 Å². The second-order valence-corrected chi connectivity index (χ2v) is 7.98. The van der Waals surface area contributed by atoms with E-state index in [0.29, 0.717) is 30.4 Å². The van der Waals surface area contributed by atoms with Crippen LogP contribution in [0.1, 0.15) is 37.0 Å². The van der Waals surface area contributed by atoms with Gasteiger partial charge in [-0.25, -0.2) is 8.42 Å². The van der Waals surface area contributed by atoms with Gasteiger partial charge in [0, 0.05) is 19.6 Å². The Morgan fingerprint density at radius 1 is 1.33 bits per heavy atom. The van der Waals surface area contributed by atoms with E-state index in [2.05, 4.69) is 18.3 Å². The van der Waals surface area contributed by atoms with E-state index in [1.54, 1.807) is 4.31 Å². The molecule has 0 aromatic heterocycles. The molecule has 0 amide bonds. The predicted octanol–water partition coefficient (Wildman–Crippen LogP) is 2.44. The summed E-state index contributed by atoms with van der Waals surface area (Å²) in [6.07, 6.45) is 0.953. The Morgan fingerprint density at radius 2 is 2.05 bits per heavy atom. The van der Waals surface area contributed by atoms with Gasteiger partial charge < -0.3 is 5.32 Å². The third-order valence-electron chi connectivity index (χ3n) is 4.26. The van der Waals surface area contributed by atoms with Gasteiger partial charge in [0.1, 0.15) is 0 Å². The molecule has 1 saturated heterocycles. The molecule has 1 fully saturated rings. The van der Waals surface area contributed by atoms with Crippen molar-refractivity contribution < 1.29 is 8.42 Å². The Labute approximate surface area is 128 Å². The fourth-order valence-electron chi connectivity index (χ4n) is 2.79. The molecule has 1 atom stereocenters. The second-order valence-electron chi connectivity index (χ2n) is 6.07. The van der Waals surface area contributed by atoms with Gasteiger partial charge in [0.15, 0.2) is 0 Å². The first-order valence-electron chi connectivity index (χ1n) is 7.67. The molecule has 21 heavy (non-hydrogen) atoms. The highest BCUT2D eigenvalue weighted by atomic mass is 32.2. The van der Waals surface area contributed by atoms with E-state index in [1.807, 2.05) is 26.8 Å². The van der Waals surface area contributed by atoms with Gasteiger partial charge in [-0.15, -0.1) is 0 Å². The highest BCUT2D eigenvalue weighted by Gasteiger charge is 2.32. The molecule has 118 valence electrons. The summed E-state index contributed by atoms with van der Waals surface area (Å²) >= 11 is 0. The topological polar surface area (TPSA) is 49.4 Å². The number of sulfonamides is 1. The van der Waals surface area contributed by atoms with Crippen LogP contribution in [0.3, 0.4) is 0 Å². The number of benzene rings is 1. The molecule has 0 aliphatic carbocycles. The molecular weight excluding hydrogens is 284 g/mol. The van der Waals surface area contributed by atoms with Crippen LogP contribution in [0.25, 0.3) is 0 Å². The summed E-state index contributed by atoms with van der Waals surface area (Å²) in [6.45, 7) is 10.9. The first-order chi connectivity index (χ1) is 9.86. The summed E-state index contributed by atoms with van der Waals surface area (Å²) < 4.78 is 27.4. The quantitative estimate of drug-likeness (QED) is 0.909. The zero-order valence-corrected chi connectivity index (χ0v) is 14.3. The van der Waals surface area contributed by atoms with E-state index >= 15 is 0 Å². The summed E-state index contributed by atoms with van der Waals surface area (Å²) in [6, 6.07) is 3.91. The SMILES string of the molecule is CCNCc1cc(C)c(C)c(S(=O)(=O)N2CCC(C)C2)c1. The van der Waals surface area contributed by atoms with Crippen LogP contribution in [-0.2, 0) is 16.6 Å². The molecule has 1 aliphatic heterocycles. The highest BCUT2D eigenvalue weighted by molar-refractivity contribution is 7.89. The number of nitrogens with one attached hydrogen (secondary N) is 1. The van der Waals surface area contributed by atoms with Gasteiger partial charge in [-0.05, 0) is 55.5 Å². The van der Waals surface area contributed by atoms with E-state index in [4.69, 9.17) is 0 Å². The molecule has 1 unspecified atom stereocenters. The van der Waals surface area contributed by atoms with Crippen molar-refractivity contribution in [2.45, 2.75) is 45.6 Å². The van der Waals surface area contributed by atoms with Crippen molar-refractivity contribution in [1.82, 2.24) is 9.62 Å². The van der Waals surface area contributed by atoms with Crippen molar-refractivity contribution in [3.05, 3.63) is 28.8 Å². The molecule has 0 saturated carbocycles. The van der Waals surface area contributed by atoms with Crippen LogP contribution in [0.4, 0.5) is 0 Å². The summed E-state index contributed by atoms with van der Waals surface area (Å²) in [7, 11) is -3.37. The van der Waals surface area contributed by atoms with Crippen LogP contribution in [0.5, 0.6) is 0 Å². The Balaban J connectivity index is 2.39. The predicted molar refractivity (Wildman–Crippen MR) is 85.8 cm³/mol. The van der Waals surface area contributed by atoms with Gasteiger partial charge in [0.2, 0.25) is 10.0 Å². The highest BCUT2D eigenvalue weighted by Crippen LogP contribution is 2.28. The number of hydrogen-bond donors (Lipinski definition) is 1. The van der Waals surface area contributed by atoms with Gasteiger partial charge in [-0.1, -0.05) is 19.9 Å². The van der Waals surface area contributed by atoms with Crippen LogP contribution in [0.15, 0.2) is 17.0 Å². The number of nitrogens with zero attached hydrogens (tertiary/aromatic N) is 1. The van der Waals surface area contributed by atoms with Gasteiger partial charge in [-0.2, -0.15) is 4.31 Å². The Kier molecular flexibility index (Phi) is 5.07. The van der Waals surface area contributed by atoms with Gasteiger partial charge in [0.05, 0.1) is 4.90 Å². The standard InChI is InChI=1S/C16H26N2O2S/c1-5-17-10-15-8-13(3)14(4)16(9-15)21(19,20)18-7-6-12(2)11-18/h8-9,12,17H,5-7,10-11H2,1-4H3. The van der Waals surface area contributed by atoms with Crippen molar-refractivity contribution in [1.29, 1.82) is 0 Å². The van der Waals surface area contributed by atoms with Crippen LogP contribution in [0.2, 0.25) is 0 Å². The normalized spacial score (nSPS) is 20.1. The third kappa shape index (κ3) is 3.47. The van der Waals surface area contributed by atoms with Gasteiger partial charge in [-0.3, -0.25) is 0 Å². The lowest BCUT2D eigenvalue weighted by atomic mass is 10.1. The zero-order chi connectivity index (χ0) is 15.6. The van der Waals surface area contributed by atoms with E-state index in [-0.39, 0.29) is 0 Å². The average molecular weight is 310 g/mol. The molecule has 1 N–H and O–H groups in total. The first kappa shape index (κ1) is 16.5. The lowest BCUT2D eigenvalue weighted by molar-refractivity contribution is 0.464. The van der Waals surface area contributed by atoms with E-state index in [0.717, 1.165) is 29.7 Å². The molecule has 0 bridgehead atoms. The largest absolute Gasteiger partial charge is 0.313 e. The first-order valence-corrected chi connectivity index (χ1v) is 9.11. The third-order valence-corrected chi connectivity index (χ3v) is 6.25. The molecule has 1 aromatic rings. The second kappa shape index (κ2) is 6.46. The molecule has 1 heterocycles. The fourth-order valence-corrected chi connectivity index (χ4v) is 4.71. The molecule has 0 spiro atoms. The summed E-state index contributed by atoms with van der Waals surface area (Å²) in [5.41, 5.74) is 2.94. The number of hydrogen-bond acceptors (Lipinski definition) is 3. The van der Waals surface area contributed by atoms with Crippen molar-refractivity contribution >= 4 is 10.0 Å². The average Bonchev–Trinajstić information content (AvgIpc) is 2.87. The molecule has 5 heteroatoms. The Bertz CT molecular complexity index is 611. The minimum atomic E-state index is -3.37. The minimum Gasteiger partial charge on any atom is -0.313 e. The minimum absolute atomic E-state index is 0.450. The summed E-state index contributed by atoms with van der Waals surface area (Å²) in [5.74, 6) is 0.450. The number of aryl methyl sites for hydroxylation is 1. The molecule has 2 rings (SSSR count). The molecule has 1 aliphatic rings. The molecular formula is C16H26N2O2S. The monoisotopic (exact) mass is 310 g/mol. The lowest BCUT2D eigenvalue weighted by Crippen LogP contribution is -2.29. The van der Waals surface area contributed by atoms with Crippen molar-refractivity contribution in [2.24, 2.45) is 5.92 Å². The lowest BCUT2D eigenvalue weighted by Gasteiger charge is -2.19. The maximum Gasteiger partial charge on any atom is 0.243 e. The van der Waals surface area contributed by atoms with Gasteiger partial charge >= 0.3 is 0 Å². The Morgan fingerprint density at radius 3 is 2.62 bits per heavy atom. The van der Waals surface area contributed by atoms with Crippen molar-refractivity contribution in [2.75, 3.05) is 19.6 Å². The van der Waals surface area contributed by atoms with Crippen molar-refractivity contribution in [3.8, 4) is 0 Å². The van der Waals surface area contributed by atoms with Crippen LogP contribution in [-0.4, -0.2) is 32.4 Å². The smallest absolute Gasteiger partial charge is 0.243 e. The molecule has 4 nitrogen and oxygen atoms in total. The van der Waals surface area contributed by atoms with Crippen LogP contribution in [0, 0.1) is 19.8 Å². The maximum atomic E-state index is 12.9. The van der Waals surface area contributed by atoms with Crippen LogP contribution >= 0.6 is 0 Å². The van der Waals surface area contributed by atoms with E-state index < -0.39 is 10.0 Å². The van der Waals surface area contributed by atoms with E-state index in [1.165, 1.54) is 0 Å². The Hall–Kier alpha value is -0.910. The number of rotatable bonds is 5. The van der Waals surface area contributed by atoms with Crippen molar-refractivity contribution in [3.63, 3.8) is 0 Å². The van der Waals surface area contributed by atoms with E-state index in [9.17, 15) is 8.42 Å². The summed E-state index contributed by atoms with van der Waals surface area (Å²) in [4.78, 5) is 0.476. The van der Waals surface area contributed by atoms with Gasteiger partial charge in [0.25, 0.3) is 0 Å². The maximum absolute atomic E-state index is 12.9.